The van der Waals surface area contributed by atoms with Gasteiger partial charge in [-0.2, -0.15) is 0 Å². The van der Waals surface area contributed by atoms with E-state index in [4.69, 9.17) is 14.2 Å². The fourth-order valence-corrected chi connectivity index (χ4v) is 5.40. The van der Waals surface area contributed by atoms with Crippen LogP contribution < -0.4 is 14.8 Å². The molecule has 13 heteroatoms. The molecule has 2 aliphatic rings. The molecule has 0 aliphatic carbocycles. The Balaban J connectivity index is 1.45. The molecule has 4 rings (SSSR count). The number of imide groups is 1. The number of halogens is 2. The molecule has 1 N–H and O–H groups in total. The van der Waals surface area contributed by atoms with Crippen molar-refractivity contribution in [2.45, 2.75) is 6.92 Å². The first-order valence-electron chi connectivity index (χ1n) is 12.0. The molecule has 2 aliphatic heterocycles. The van der Waals surface area contributed by atoms with Crippen LogP contribution in [0.4, 0.5) is 14.9 Å². The maximum absolute atomic E-state index is 13.1. The van der Waals surface area contributed by atoms with E-state index in [1.54, 1.807) is 30.0 Å². The molecule has 2 aromatic carbocycles. The number of anilines is 1. The normalized spacial score (nSPS) is 16.5. The fraction of sp³-hybridized carbons (Fsp3) is 0.308. The number of nitrogens with one attached hydrogen (secondary N) is 1. The van der Waals surface area contributed by atoms with Gasteiger partial charge in [-0.1, -0.05) is 0 Å². The third-order valence-corrected chi connectivity index (χ3v) is 7.34. The number of hydrogen-bond acceptors (Lipinski definition) is 8. The first-order chi connectivity index (χ1) is 18.7. The average molecular weight is 669 g/mol. The molecule has 0 spiro atoms. The Labute approximate surface area is 242 Å². The van der Waals surface area contributed by atoms with E-state index in [1.807, 2.05) is 22.6 Å². The molecule has 0 aromatic heterocycles. The van der Waals surface area contributed by atoms with Crippen LogP contribution in [0.5, 0.6) is 11.5 Å². The van der Waals surface area contributed by atoms with E-state index in [0.717, 1.165) is 16.7 Å². The Morgan fingerprint density at radius 3 is 2.56 bits per heavy atom. The molecule has 0 atom stereocenters. The standard InChI is InChI=1S/C26H25FIN3O7S/c1-2-37-20-12-16(11-19(28)24(20)38-15-22(32)29-18-5-3-17(27)4-6-18)13-21-25(34)31(26(35)39-21)14-23(33)30-7-9-36-10-8-30/h3-6,11-13H,2,7-10,14-15H2,1H3,(H,29,32)/b21-13+. The lowest BCUT2D eigenvalue weighted by Gasteiger charge is -2.28. The maximum Gasteiger partial charge on any atom is 0.294 e. The summed E-state index contributed by atoms with van der Waals surface area (Å²) in [6.07, 6.45) is 1.56. The highest BCUT2D eigenvalue weighted by molar-refractivity contribution is 14.1. The first-order valence-corrected chi connectivity index (χ1v) is 13.9. The highest BCUT2D eigenvalue weighted by Gasteiger charge is 2.37. The van der Waals surface area contributed by atoms with Crippen LogP contribution in [0.1, 0.15) is 12.5 Å². The smallest absolute Gasteiger partial charge is 0.294 e. The maximum atomic E-state index is 13.1. The summed E-state index contributed by atoms with van der Waals surface area (Å²) in [6.45, 7) is 3.16. The largest absolute Gasteiger partial charge is 0.490 e. The van der Waals surface area contributed by atoms with Gasteiger partial charge in [0, 0.05) is 18.8 Å². The zero-order valence-corrected chi connectivity index (χ0v) is 23.9. The molecular weight excluding hydrogens is 644 g/mol. The van der Waals surface area contributed by atoms with Gasteiger partial charge < -0.3 is 24.4 Å². The van der Waals surface area contributed by atoms with Crippen molar-refractivity contribution in [1.29, 1.82) is 0 Å². The Morgan fingerprint density at radius 1 is 1.15 bits per heavy atom. The highest BCUT2D eigenvalue weighted by Crippen LogP contribution is 2.37. The second-order valence-electron chi connectivity index (χ2n) is 8.37. The summed E-state index contributed by atoms with van der Waals surface area (Å²) in [4.78, 5) is 53.1. The van der Waals surface area contributed by atoms with Gasteiger partial charge in [-0.25, -0.2) is 4.39 Å². The summed E-state index contributed by atoms with van der Waals surface area (Å²) >= 11 is 2.79. The number of ether oxygens (including phenoxy) is 3. The molecule has 2 heterocycles. The molecule has 4 amide bonds. The molecule has 39 heavy (non-hydrogen) atoms. The Morgan fingerprint density at radius 2 is 1.87 bits per heavy atom. The lowest BCUT2D eigenvalue weighted by Crippen LogP contribution is -2.46. The number of amides is 4. The zero-order valence-electron chi connectivity index (χ0n) is 20.9. The number of carbonyl (C=O) groups excluding carboxylic acids is 4. The summed E-state index contributed by atoms with van der Waals surface area (Å²) in [6, 6.07) is 8.73. The quantitative estimate of drug-likeness (QED) is 0.318. The van der Waals surface area contributed by atoms with Crippen LogP contribution in [0.2, 0.25) is 0 Å². The SMILES string of the molecule is CCOc1cc(/C=C2/SC(=O)N(CC(=O)N3CCOCC3)C2=O)cc(I)c1OCC(=O)Nc1ccc(F)cc1. The van der Waals surface area contributed by atoms with Gasteiger partial charge in [-0.15, -0.1) is 0 Å². The van der Waals surface area contributed by atoms with E-state index in [0.29, 0.717) is 59.2 Å². The third kappa shape index (κ3) is 7.48. The van der Waals surface area contributed by atoms with E-state index in [1.165, 1.54) is 24.3 Å². The summed E-state index contributed by atoms with van der Waals surface area (Å²) in [5.74, 6) is -1.01. The number of morpholine rings is 1. The van der Waals surface area contributed by atoms with Gasteiger partial charge in [0.2, 0.25) is 5.91 Å². The fourth-order valence-electron chi connectivity index (χ4n) is 3.78. The summed E-state index contributed by atoms with van der Waals surface area (Å²) in [5.41, 5.74) is 1.01. The minimum absolute atomic E-state index is 0.181. The molecule has 2 fully saturated rings. The summed E-state index contributed by atoms with van der Waals surface area (Å²) in [7, 11) is 0. The van der Waals surface area contributed by atoms with Crippen molar-refractivity contribution in [1.82, 2.24) is 9.80 Å². The number of carbonyl (C=O) groups is 4. The van der Waals surface area contributed by atoms with Crippen LogP contribution in [0, 0.1) is 9.39 Å². The van der Waals surface area contributed by atoms with E-state index < -0.39 is 22.9 Å². The van der Waals surface area contributed by atoms with Gasteiger partial charge in [-0.05, 0) is 89.3 Å². The van der Waals surface area contributed by atoms with Crippen LogP contribution >= 0.6 is 34.4 Å². The Kier molecular flexibility index (Phi) is 9.80. The molecule has 2 aromatic rings. The predicted octanol–water partition coefficient (Wildman–Crippen LogP) is 3.74. The number of nitrogens with zero attached hydrogens (tertiary/aromatic N) is 2. The molecule has 0 unspecified atom stereocenters. The Bertz CT molecular complexity index is 1300. The lowest BCUT2D eigenvalue weighted by atomic mass is 10.2. The highest BCUT2D eigenvalue weighted by atomic mass is 127. The molecule has 10 nitrogen and oxygen atoms in total. The van der Waals surface area contributed by atoms with Crippen molar-refractivity contribution in [3.8, 4) is 11.5 Å². The molecule has 0 radical (unpaired) electrons. The number of rotatable bonds is 9. The van der Waals surface area contributed by atoms with E-state index in [2.05, 4.69) is 5.32 Å². The van der Waals surface area contributed by atoms with Crippen molar-refractivity contribution < 1.29 is 37.8 Å². The summed E-state index contributed by atoms with van der Waals surface area (Å²) in [5, 5.41) is 2.11. The molecular formula is C26H25FIN3O7S. The van der Waals surface area contributed by atoms with Crippen LogP contribution in [0.3, 0.4) is 0 Å². The van der Waals surface area contributed by atoms with Gasteiger partial charge in [0.05, 0.1) is 28.3 Å². The van der Waals surface area contributed by atoms with Crippen molar-refractivity contribution in [2.24, 2.45) is 0 Å². The van der Waals surface area contributed by atoms with Crippen LogP contribution in [0.25, 0.3) is 6.08 Å². The third-order valence-electron chi connectivity index (χ3n) is 5.64. The second-order valence-corrected chi connectivity index (χ2v) is 10.5. The first kappa shape index (κ1) is 28.8. The van der Waals surface area contributed by atoms with Crippen LogP contribution in [0.15, 0.2) is 41.3 Å². The molecule has 0 saturated carbocycles. The average Bonchev–Trinajstić information content (AvgIpc) is 3.17. The van der Waals surface area contributed by atoms with E-state index in [9.17, 15) is 23.6 Å². The predicted molar refractivity (Wildman–Crippen MR) is 151 cm³/mol. The van der Waals surface area contributed by atoms with Gasteiger partial charge in [-0.3, -0.25) is 24.1 Å². The minimum Gasteiger partial charge on any atom is -0.490 e. The van der Waals surface area contributed by atoms with Crippen molar-refractivity contribution in [3.63, 3.8) is 0 Å². The van der Waals surface area contributed by atoms with Gasteiger partial charge >= 0.3 is 0 Å². The van der Waals surface area contributed by atoms with Crippen molar-refractivity contribution in [3.05, 3.63) is 56.3 Å². The van der Waals surface area contributed by atoms with Crippen molar-refractivity contribution in [2.75, 3.05) is 51.4 Å². The van der Waals surface area contributed by atoms with E-state index >= 15 is 0 Å². The topological polar surface area (TPSA) is 114 Å². The zero-order chi connectivity index (χ0) is 27.9. The van der Waals surface area contributed by atoms with Crippen LogP contribution in [-0.2, 0) is 19.1 Å². The van der Waals surface area contributed by atoms with Gasteiger partial charge in [0.1, 0.15) is 12.4 Å². The van der Waals surface area contributed by atoms with Gasteiger partial charge in [0.15, 0.2) is 18.1 Å². The summed E-state index contributed by atoms with van der Waals surface area (Å²) < 4.78 is 30.4. The van der Waals surface area contributed by atoms with E-state index in [-0.39, 0.29) is 24.0 Å². The Hall–Kier alpha value is -3.17. The molecule has 2 saturated heterocycles. The second kappa shape index (κ2) is 13.3. The lowest BCUT2D eigenvalue weighted by molar-refractivity contribution is -0.139. The van der Waals surface area contributed by atoms with Crippen molar-refractivity contribution >= 4 is 69.1 Å². The van der Waals surface area contributed by atoms with Crippen LogP contribution in [-0.4, -0.2) is 78.8 Å². The number of thioether (sulfide) groups is 1. The van der Waals surface area contributed by atoms with Gasteiger partial charge in [0.25, 0.3) is 17.1 Å². The monoisotopic (exact) mass is 669 g/mol. The number of benzene rings is 2. The number of hydrogen-bond donors (Lipinski definition) is 1. The minimum atomic E-state index is -0.544. The molecule has 206 valence electrons. The molecule has 0 bridgehead atoms.